The lowest BCUT2D eigenvalue weighted by molar-refractivity contribution is -0.136. The molecule has 22 heteroatoms. The number of benzene rings is 3. The molecule has 4 heterocycles. The van der Waals surface area contributed by atoms with E-state index in [1.54, 1.807) is 45.4 Å². The zero-order chi connectivity index (χ0) is 62.2. The van der Waals surface area contributed by atoms with Crippen molar-refractivity contribution in [3.05, 3.63) is 135 Å². The van der Waals surface area contributed by atoms with E-state index in [0.717, 1.165) is 56.2 Å². The predicted molar refractivity (Wildman–Crippen MR) is 326 cm³/mol. The minimum absolute atomic E-state index is 0.196. The van der Waals surface area contributed by atoms with Gasteiger partial charge >= 0.3 is 30.2 Å². The van der Waals surface area contributed by atoms with E-state index in [1.165, 1.54) is 31.4 Å². The molecule has 0 saturated heterocycles. The number of esters is 1. The number of aromatic nitrogens is 2. The summed E-state index contributed by atoms with van der Waals surface area (Å²) in [5.41, 5.74) is 11.5. The number of aromatic amines is 2. The molecule has 2 aromatic heterocycles. The topological polar surface area (TPSA) is 249 Å². The van der Waals surface area contributed by atoms with Gasteiger partial charge in [0.25, 0.3) is 11.8 Å². The van der Waals surface area contributed by atoms with Crippen molar-refractivity contribution in [2.24, 2.45) is 0 Å². The molecule has 9 amide bonds. The van der Waals surface area contributed by atoms with Gasteiger partial charge in [0.1, 0.15) is 18.3 Å². The Kier molecular flexibility index (Phi) is 23.0. The Morgan fingerprint density at radius 1 is 0.612 bits per heavy atom. The maximum absolute atomic E-state index is 13.6. The van der Waals surface area contributed by atoms with Crippen molar-refractivity contribution in [3.63, 3.8) is 0 Å². The van der Waals surface area contributed by atoms with E-state index >= 15 is 0 Å². The molecule has 4 N–H and O–H groups in total. The minimum atomic E-state index is -0.875. The number of alkyl carbamates (subject to hydrolysis) is 2. The van der Waals surface area contributed by atoms with Crippen LogP contribution in [-0.4, -0.2) is 164 Å². The molecule has 454 valence electrons. The molecule has 7 rings (SSSR count). The first-order valence-corrected chi connectivity index (χ1v) is 28.2. The van der Waals surface area contributed by atoms with Crippen molar-refractivity contribution in [1.82, 2.24) is 40.2 Å². The number of nitrogens with one attached hydrogen (secondary N) is 4. The van der Waals surface area contributed by atoms with Gasteiger partial charge in [-0.3, -0.25) is 19.3 Å². The second kappa shape index (κ2) is 30.0. The smallest absolute Gasteiger partial charge is 0.407 e. The Hall–Kier alpha value is -9.02. The van der Waals surface area contributed by atoms with E-state index in [2.05, 4.69) is 20.6 Å². The zero-order valence-corrected chi connectivity index (χ0v) is 51.0. The van der Waals surface area contributed by atoms with Crippen LogP contribution in [-0.2, 0) is 40.0 Å². The SMILES string of the molecule is CCCOC(=O)NC(C)C(=O)Oc1c(C)cc(COCN(C)CCN(C)C(=O)N2C(=O)/C(=C\c3[nH]c(C)cc3C)c3ccccc32)cc1C.CCCOC(=O)NCC(=O)N(C)CCN(C)C(=O)N1C(=O)/C(=C\c2[nH]c(C)cc2C)c2ccccc21. The van der Waals surface area contributed by atoms with Gasteiger partial charge in [0.15, 0.2) is 0 Å². The first kappa shape index (κ1) is 65.1. The number of para-hydroxylation sites is 2. The summed E-state index contributed by atoms with van der Waals surface area (Å²) in [5.74, 6) is -1.24. The largest absolute Gasteiger partial charge is 0.450 e. The first-order valence-electron chi connectivity index (χ1n) is 28.2. The fourth-order valence-corrected chi connectivity index (χ4v) is 9.37. The van der Waals surface area contributed by atoms with Crippen molar-refractivity contribution in [1.29, 1.82) is 0 Å². The molecule has 2 aliphatic heterocycles. The molecule has 85 heavy (non-hydrogen) atoms. The van der Waals surface area contributed by atoms with Crippen LogP contribution in [0.15, 0.2) is 72.8 Å². The van der Waals surface area contributed by atoms with Crippen molar-refractivity contribution >= 4 is 82.6 Å². The van der Waals surface area contributed by atoms with Gasteiger partial charge in [-0.05, 0) is 133 Å². The maximum atomic E-state index is 13.6. The summed E-state index contributed by atoms with van der Waals surface area (Å²) >= 11 is 0. The molecule has 1 atom stereocenters. The fourth-order valence-electron chi connectivity index (χ4n) is 9.37. The predicted octanol–water partition coefficient (Wildman–Crippen LogP) is 8.89. The second-order valence-corrected chi connectivity index (χ2v) is 21.3. The van der Waals surface area contributed by atoms with Crippen molar-refractivity contribution < 1.29 is 57.3 Å². The molecule has 1 unspecified atom stereocenters. The third-order valence-electron chi connectivity index (χ3n) is 14.0. The number of nitrogens with zero attached hydrogens (tertiary/aromatic N) is 6. The lowest BCUT2D eigenvalue weighted by Gasteiger charge is -2.26. The first-order chi connectivity index (χ1) is 40.4. The fraction of sp³-hybridized carbons (Fsp3) is 0.397. The van der Waals surface area contributed by atoms with E-state index < -0.39 is 42.2 Å². The number of urea groups is 2. The number of carbonyl (C=O) groups excluding carboxylic acids is 8. The van der Waals surface area contributed by atoms with Crippen LogP contribution in [0.5, 0.6) is 5.75 Å². The maximum Gasteiger partial charge on any atom is 0.407 e. The molecule has 0 radical (unpaired) electrons. The monoisotopic (exact) mass is 1170 g/mol. The molecule has 5 aromatic rings. The van der Waals surface area contributed by atoms with Crippen LogP contribution in [0.2, 0.25) is 0 Å². The van der Waals surface area contributed by atoms with E-state index in [-0.39, 0.29) is 44.7 Å². The standard InChI is InChI=1S/C37H47N5O7.C26H33N5O5/c1-9-16-48-36(45)39-27(6)35(44)49-33-24(3)18-28(19-25(33)4)21-47-22-40(7)14-15-41(8)37(46)42-32-13-11-10-12-29(32)30(34(42)43)20-31-23(2)17-26(5)38-31;1-6-13-36-25(34)27-16-23(32)29(4)11-12-30(5)26(35)31-22-10-8-7-9-19(22)20(24(31)33)15-21-17(2)14-18(3)28-21/h10-13,17-20,27,38H,9,14-16,21-22H2,1-8H3,(H,39,45);7-10,14-15,28H,6,11-13,16H2,1-5H3,(H,27,34)/b30-20-;20-15-. The van der Waals surface area contributed by atoms with E-state index in [9.17, 15) is 38.4 Å². The van der Waals surface area contributed by atoms with Gasteiger partial charge in [-0.25, -0.2) is 33.8 Å². The van der Waals surface area contributed by atoms with Crippen molar-refractivity contribution in [3.8, 4) is 5.75 Å². The Labute approximate surface area is 497 Å². The highest BCUT2D eigenvalue weighted by atomic mass is 16.6. The van der Waals surface area contributed by atoms with Crippen molar-refractivity contribution in [2.75, 3.05) is 90.7 Å². The minimum Gasteiger partial charge on any atom is -0.450 e. The molecule has 0 fully saturated rings. The average Bonchev–Trinajstić information content (AvgIpc) is 2.92. The van der Waals surface area contributed by atoms with Crippen LogP contribution < -0.4 is 25.2 Å². The van der Waals surface area contributed by atoms with Crippen molar-refractivity contribution in [2.45, 2.75) is 87.8 Å². The van der Waals surface area contributed by atoms with Crippen LogP contribution in [0, 0.1) is 41.5 Å². The highest BCUT2D eigenvalue weighted by Gasteiger charge is 2.39. The molecule has 22 nitrogen and oxygen atoms in total. The second-order valence-electron chi connectivity index (χ2n) is 21.3. The number of imide groups is 2. The Balaban J connectivity index is 0.000000285. The third-order valence-corrected chi connectivity index (χ3v) is 14.0. The zero-order valence-electron chi connectivity index (χ0n) is 51.0. The molecule has 3 aromatic carbocycles. The number of anilines is 2. The number of amides is 9. The molecular formula is C63H80N10O12. The van der Waals surface area contributed by atoms with Gasteiger partial charge in [0.05, 0.1) is 49.1 Å². The lowest BCUT2D eigenvalue weighted by Crippen LogP contribution is -2.46. The lowest BCUT2D eigenvalue weighted by atomic mass is 10.1. The quantitative estimate of drug-likeness (QED) is 0.0232. The van der Waals surface area contributed by atoms with Gasteiger partial charge in [-0.15, -0.1) is 0 Å². The summed E-state index contributed by atoms with van der Waals surface area (Å²) in [6.45, 7) is 19.1. The van der Waals surface area contributed by atoms with Crippen LogP contribution in [0.1, 0.15) is 95.3 Å². The number of likely N-dealkylation sites (N-methyl/N-ethyl adjacent to an activating group) is 4. The number of carbonyl (C=O) groups is 8. The number of ether oxygens (including phenoxy) is 4. The van der Waals surface area contributed by atoms with Crippen LogP contribution in [0.4, 0.5) is 30.6 Å². The van der Waals surface area contributed by atoms with Gasteiger partial charge in [0, 0.05) is 81.2 Å². The Bertz CT molecular complexity index is 3320. The normalized spacial score (nSPS) is 13.7. The Morgan fingerprint density at radius 3 is 1.54 bits per heavy atom. The molecule has 0 saturated carbocycles. The summed E-state index contributed by atoms with van der Waals surface area (Å²) in [7, 11) is 6.74. The number of hydrogen-bond donors (Lipinski definition) is 4. The van der Waals surface area contributed by atoms with Gasteiger partial charge < -0.3 is 54.2 Å². The highest BCUT2D eigenvalue weighted by Crippen LogP contribution is 2.40. The van der Waals surface area contributed by atoms with Gasteiger partial charge in [0.2, 0.25) is 5.91 Å². The van der Waals surface area contributed by atoms with Gasteiger partial charge in [-0.1, -0.05) is 62.4 Å². The summed E-state index contributed by atoms with van der Waals surface area (Å²) in [4.78, 5) is 117. The number of hydrogen-bond acceptors (Lipinski definition) is 13. The number of rotatable bonds is 21. The highest BCUT2D eigenvalue weighted by molar-refractivity contribution is 6.42. The van der Waals surface area contributed by atoms with Crippen LogP contribution in [0.25, 0.3) is 23.3 Å². The van der Waals surface area contributed by atoms with Gasteiger partial charge in [-0.2, -0.15) is 0 Å². The van der Waals surface area contributed by atoms with E-state index in [1.807, 2.05) is 128 Å². The molecule has 0 aliphatic carbocycles. The van der Waals surface area contributed by atoms with E-state index in [4.69, 9.17) is 18.9 Å². The van der Waals surface area contributed by atoms with Crippen LogP contribution in [0.3, 0.4) is 0 Å². The molecular weight excluding hydrogens is 1090 g/mol. The summed E-state index contributed by atoms with van der Waals surface area (Å²) < 4.78 is 21.4. The number of H-pyrrole nitrogens is 2. The summed E-state index contributed by atoms with van der Waals surface area (Å²) in [6.07, 6.45) is 3.66. The molecule has 0 bridgehead atoms. The average molecular weight is 1170 g/mol. The number of fused-ring (bicyclic) bond motifs is 2. The molecule has 2 aliphatic rings. The number of aryl methyl sites for hydroxylation is 6. The third kappa shape index (κ3) is 16.8. The van der Waals surface area contributed by atoms with Crippen LogP contribution >= 0.6 is 0 Å². The van der Waals surface area contributed by atoms with E-state index in [0.29, 0.717) is 73.1 Å². The summed E-state index contributed by atoms with van der Waals surface area (Å²) in [5, 5.41) is 4.88. The summed E-state index contributed by atoms with van der Waals surface area (Å²) in [6, 6.07) is 20.5. The Morgan fingerprint density at radius 2 is 1.07 bits per heavy atom. The molecule has 0 spiro atoms.